The highest BCUT2D eigenvalue weighted by Crippen LogP contribution is 2.47. The van der Waals surface area contributed by atoms with Crippen LogP contribution < -0.4 is 4.74 Å². The van der Waals surface area contributed by atoms with Gasteiger partial charge in [0.1, 0.15) is 17.4 Å². The molecule has 0 radical (unpaired) electrons. The molecule has 2 aromatic carbocycles. The van der Waals surface area contributed by atoms with Crippen molar-refractivity contribution in [2.45, 2.75) is 161 Å². The van der Waals surface area contributed by atoms with Gasteiger partial charge in [0, 0.05) is 23.9 Å². The van der Waals surface area contributed by atoms with E-state index in [2.05, 4.69) is 38.7 Å². The summed E-state index contributed by atoms with van der Waals surface area (Å²) in [4.78, 5) is 24.4. The van der Waals surface area contributed by atoms with Crippen molar-refractivity contribution in [1.82, 2.24) is 0 Å². The van der Waals surface area contributed by atoms with Gasteiger partial charge in [-0.1, -0.05) is 116 Å². The van der Waals surface area contributed by atoms with E-state index in [9.17, 15) is 22.8 Å². The molecule has 0 aromatic heterocycles. The van der Waals surface area contributed by atoms with E-state index in [0.29, 0.717) is 36.0 Å². The maximum absolute atomic E-state index is 14.9. The molecule has 0 amide bonds. The molecule has 0 spiro atoms. The van der Waals surface area contributed by atoms with Crippen molar-refractivity contribution in [3.8, 4) is 5.75 Å². The molecule has 0 fully saturated rings. The number of ketones is 2. The average molecular weight is 781 g/mol. The molecule has 0 N–H and O–H groups in total. The van der Waals surface area contributed by atoms with Crippen molar-refractivity contribution >= 4 is 23.2 Å². The van der Waals surface area contributed by atoms with Crippen molar-refractivity contribution in [1.29, 1.82) is 0 Å². The quantitative estimate of drug-likeness (QED) is 0.109. The number of benzene rings is 2. The van der Waals surface area contributed by atoms with E-state index in [1.807, 2.05) is 74.4 Å². The van der Waals surface area contributed by atoms with E-state index in [-0.39, 0.29) is 30.1 Å². The summed E-state index contributed by atoms with van der Waals surface area (Å²) < 4.78 is 48.5. The van der Waals surface area contributed by atoms with Crippen LogP contribution in [0.5, 0.6) is 5.75 Å². The first-order valence-electron chi connectivity index (χ1n) is 21.0. The molecule has 3 nitrogen and oxygen atoms in total. The van der Waals surface area contributed by atoms with Crippen molar-refractivity contribution in [2.24, 2.45) is 11.3 Å². The van der Waals surface area contributed by atoms with Crippen LogP contribution in [0.15, 0.2) is 83.5 Å². The number of carbonyl (C=O) groups excluding carboxylic acids is 2. The lowest BCUT2D eigenvalue weighted by Crippen LogP contribution is -2.23. The zero-order chi connectivity index (χ0) is 43.2. The molecule has 314 valence electrons. The summed E-state index contributed by atoms with van der Waals surface area (Å²) in [5, 5.41) is 0. The predicted molar refractivity (Wildman–Crippen MR) is 237 cm³/mol. The molecule has 3 unspecified atom stereocenters. The third kappa shape index (κ3) is 16.3. The van der Waals surface area contributed by atoms with E-state index < -0.39 is 23.7 Å². The monoisotopic (exact) mass is 781 g/mol. The topological polar surface area (TPSA) is 43.4 Å². The number of carbonyl (C=O) groups is 2. The predicted octanol–water partition coefficient (Wildman–Crippen LogP) is 15.9. The normalized spacial score (nSPS) is 18.1. The van der Waals surface area contributed by atoms with E-state index in [1.54, 1.807) is 32.9 Å². The highest BCUT2D eigenvalue weighted by molar-refractivity contribution is 6.09. The van der Waals surface area contributed by atoms with Gasteiger partial charge in [0.05, 0.1) is 12.3 Å². The van der Waals surface area contributed by atoms with E-state index >= 15 is 0 Å². The molecule has 0 heterocycles. The first kappa shape index (κ1) is 52.1. The Balaban J connectivity index is 0. The molecule has 4 rings (SSSR count). The summed E-state index contributed by atoms with van der Waals surface area (Å²) in [6.07, 6.45) is 13.9. The number of allylic oxidation sites excluding steroid dienone is 8. The Morgan fingerprint density at radius 3 is 2.04 bits per heavy atom. The van der Waals surface area contributed by atoms with Gasteiger partial charge in [-0.3, -0.25) is 9.59 Å². The number of ether oxygens (including phenoxy) is 1. The maximum atomic E-state index is 14.9. The van der Waals surface area contributed by atoms with Crippen molar-refractivity contribution in [3.05, 3.63) is 112 Å². The largest absolute Gasteiger partial charge is 0.491 e. The Morgan fingerprint density at radius 2 is 1.55 bits per heavy atom. The SMILES string of the molecule is C=Cc1cc(F)c(C2=C(C)C(=O)C(C3=C(C)C=CC(C)(C=C(CCC)CCCCC(C)F)C3)C2)c(F)c1.CC.CC.CC.CC(=O)c1ccc(OC(C)C)cc1.[HH]. The van der Waals surface area contributed by atoms with Gasteiger partial charge in [-0.25, -0.2) is 13.2 Å². The molecule has 3 atom stereocenters. The Morgan fingerprint density at radius 1 is 0.982 bits per heavy atom. The number of rotatable bonds is 14. The number of hydrogen-bond acceptors (Lipinski definition) is 3. The summed E-state index contributed by atoms with van der Waals surface area (Å²) in [5.74, 6) is -0.897. The molecule has 0 saturated heterocycles. The number of Topliss-reactive ketones (excluding diaryl/α,β-unsaturated/α-hetero) is 2. The Bertz CT molecular complexity index is 1640. The number of unbranched alkanes of at least 4 members (excludes halogenated alkanes) is 1. The zero-order valence-electron chi connectivity index (χ0n) is 37.2. The van der Waals surface area contributed by atoms with Gasteiger partial charge in [0.25, 0.3) is 0 Å². The molecule has 56 heavy (non-hydrogen) atoms. The summed E-state index contributed by atoms with van der Waals surface area (Å²) in [6.45, 7) is 30.7. The van der Waals surface area contributed by atoms with Crippen LogP contribution in [0.1, 0.15) is 171 Å². The molecule has 0 saturated carbocycles. The second-order valence-corrected chi connectivity index (χ2v) is 14.3. The lowest BCUT2D eigenvalue weighted by molar-refractivity contribution is -0.117. The van der Waals surface area contributed by atoms with Gasteiger partial charge in [-0.2, -0.15) is 0 Å². The first-order valence-corrected chi connectivity index (χ1v) is 21.0. The minimum absolute atomic E-state index is 0. The summed E-state index contributed by atoms with van der Waals surface area (Å²) in [6, 6.07) is 9.72. The van der Waals surface area contributed by atoms with Crippen LogP contribution in [0.25, 0.3) is 11.6 Å². The lowest BCUT2D eigenvalue weighted by atomic mass is 9.72. The highest BCUT2D eigenvalue weighted by Gasteiger charge is 2.39. The minimum atomic E-state index is -0.763. The summed E-state index contributed by atoms with van der Waals surface area (Å²) in [7, 11) is 0. The molecule has 0 aliphatic heterocycles. The molecule has 2 aliphatic carbocycles. The molecule has 2 aromatic rings. The molecule has 6 heteroatoms. The van der Waals surface area contributed by atoms with Gasteiger partial charge >= 0.3 is 0 Å². The van der Waals surface area contributed by atoms with Gasteiger partial charge in [-0.15, -0.1) is 0 Å². The van der Waals surface area contributed by atoms with E-state index in [4.69, 9.17) is 4.74 Å². The fourth-order valence-electron chi connectivity index (χ4n) is 6.83. The smallest absolute Gasteiger partial charge is 0.166 e. The molecular formula is C50H75F3O3. The molecule has 0 bridgehead atoms. The van der Waals surface area contributed by atoms with Crippen LogP contribution in [-0.2, 0) is 4.79 Å². The van der Waals surface area contributed by atoms with Crippen LogP contribution in [-0.4, -0.2) is 23.8 Å². The summed E-state index contributed by atoms with van der Waals surface area (Å²) in [5.41, 5.74) is 5.12. The van der Waals surface area contributed by atoms with Gasteiger partial charge in [-0.05, 0) is 133 Å². The fourth-order valence-corrected chi connectivity index (χ4v) is 6.83. The maximum Gasteiger partial charge on any atom is 0.166 e. The van der Waals surface area contributed by atoms with E-state index in [1.165, 1.54) is 23.8 Å². The minimum Gasteiger partial charge on any atom is -0.491 e. The highest BCUT2D eigenvalue weighted by atomic mass is 19.1. The number of halogens is 3. The lowest BCUT2D eigenvalue weighted by Gasteiger charge is -2.32. The second kappa shape index (κ2) is 26.8. The van der Waals surface area contributed by atoms with Crippen LogP contribution >= 0.6 is 0 Å². The Kier molecular flexibility index (Phi) is 25.0. The average Bonchev–Trinajstić information content (AvgIpc) is 3.46. The van der Waals surface area contributed by atoms with Gasteiger partial charge in [0.2, 0.25) is 0 Å². The van der Waals surface area contributed by atoms with Crippen LogP contribution in [0.3, 0.4) is 0 Å². The zero-order valence-corrected chi connectivity index (χ0v) is 37.2. The third-order valence-corrected chi connectivity index (χ3v) is 9.45. The third-order valence-electron chi connectivity index (χ3n) is 9.45. The fraction of sp³-hybridized carbons (Fsp3) is 0.520. The second-order valence-electron chi connectivity index (χ2n) is 14.3. The van der Waals surface area contributed by atoms with Crippen molar-refractivity contribution < 1.29 is 28.9 Å². The van der Waals surface area contributed by atoms with Gasteiger partial charge in [0.15, 0.2) is 11.6 Å². The van der Waals surface area contributed by atoms with Gasteiger partial charge < -0.3 is 4.74 Å². The number of alkyl halides is 1. The first-order chi connectivity index (χ1) is 26.6. The van der Waals surface area contributed by atoms with Crippen molar-refractivity contribution in [2.75, 3.05) is 0 Å². The Hall–Kier alpha value is -3.93. The van der Waals surface area contributed by atoms with Crippen LogP contribution in [0.2, 0.25) is 0 Å². The standard InChI is InChI=1S/C33H41F3O.C11H14O2.3C2H6.H2/c1-7-11-25(13-10-9-12-22(4)34)19-33(6)15-14-21(3)28(20-33)27-18-26(23(5)32(27)37)31-29(35)16-24(8-2)17-30(31)36;1-8(2)13-11-6-4-10(5-7-11)9(3)12;3*1-2;/h8,14-17,19,22,27H,2,7,9-13,18,20H2,1,3-6H3;4-8H,1-3H3;3*1-2H3;1H. The van der Waals surface area contributed by atoms with Crippen LogP contribution in [0, 0.1) is 23.0 Å². The molecular weight excluding hydrogens is 706 g/mol. The van der Waals surface area contributed by atoms with Crippen LogP contribution in [0.4, 0.5) is 13.2 Å². The Labute approximate surface area is 340 Å². The van der Waals surface area contributed by atoms with Crippen molar-refractivity contribution in [3.63, 3.8) is 0 Å². The number of hydrogen-bond donors (Lipinski definition) is 0. The van der Waals surface area contributed by atoms with E-state index in [0.717, 1.165) is 54.6 Å². The summed E-state index contributed by atoms with van der Waals surface area (Å²) >= 11 is 0. The molecule has 2 aliphatic rings.